The minimum absolute atomic E-state index is 0. The van der Waals surface area contributed by atoms with Gasteiger partial charge in [0.2, 0.25) is 15.9 Å². The fourth-order valence-electron chi connectivity index (χ4n) is 3.46. The molecule has 3 rings (SSSR count). The second kappa shape index (κ2) is 6.70. The summed E-state index contributed by atoms with van der Waals surface area (Å²) in [5.41, 5.74) is 6.15. The molecule has 6 nitrogen and oxygen atoms in total. The average molecular weight is 348 g/mol. The molecule has 22 heavy (non-hydrogen) atoms. The van der Waals surface area contributed by atoms with Crippen LogP contribution in [0.3, 0.4) is 0 Å². The highest BCUT2D eigenvalue weighted by Gasteiger charge is 2.43. The molecular weight excluding hydrogens is 326 g/mol. The van der Waals surface area contributed by atoms with Crippen molar-refractivity contribution in [3.05, 3.63) is 18.3 Å². The number of sulfonamides is 1. The van der Waals surface area contributed by atoms with Crippen molar-refractivity contribution in [2.24, 2.45) is 17.6 Å². The van der Waals surface area contributed by atoms with Crippen molar-refractivity contribution in [2.75, 3.05) is 20.2 Å². The van der Waals surface area contributed by atoms with Crippen molar-refractivity contribution in [3.8, 4) is 5.88 Å². The summed E-state index contributed by atoms with van der Waals surface area (Å²) >= 11 is 0. The Hall–Kier alpha value is -0.890. The van der Waals surface area contributed by atoms with Gasteiger partial charge in [0, 0.05) is 25.2 Å². The molecule has 1 aliphatic carbocycles. The van der Waals surface area contributed by atoms with Gasteiger partial charge < -0.3 is 10.5 Å². The highest BCUT2D eigenvalue weighted by molar-refractivity contribution is 7.89. The van der Waals surface area contributed by atoms with Crippen LogP contribution in [0, 0.1) is 11.8 Å². The number of halogens is 1. The number of hydrogen-bond acceptors (Lipinski definition) is 5. The third-order valence-electron chi connectivity index (χ3n) is 4.68. The van der Waals surface area contributed by atoms with E-state index in [9.17, 15) is 8.42 Å². The molecule has 2 N–H and O–H groups in total. The minimum atomic E-state index is -3.49. The number of pyridine rings is 1. The number of nitrogens with two attached hydrogens (primary N) is 1. The molecule has 1 saturated carbocycles. The summed E-state index contributed by atoms with van der Waals surface area (Å²) in [6.45, 7) is 1.10. The monoisotopic (exact) mass is 347 g/mol. The predicted octanol–water partition coefficient (Wildman–Crippen LogP) is 1.26. The predicted molar refractivity (Wildman–Crippen MR) is 85.6 cm³/mol. The Morgan fingerprint density at radius 3 is 2.68 bits per heavy atom. The third kappa shape index (κ3) is 3.08. The van der Waals surface area contributed by atoms with Gasteiger partial charge in [-0.1, -0.05) is 6.42 Å². The third-order valence-corrected chi connectivity index (χ3v) is 6.49. The molecule has 0 bridgehead atoms. The number of aromatic nitrogens is 1. The van der Waals surface area contributed by atoms with E-state index < -0.39 is 10.0 Å². The molecule has 1 aromatic rings. The summed E-state index contributed by atoms with van der Waals surface area (Å²) < 4.78 is 31.9. The summed E-state index contributed by atoms with van der Waals surface area (Å²) in [7, 11) is -1.98. The summed E-state index contributed by atoms with van der Waals surface area (Å²) in [5, 5.41) is 0. The van der Waals surface area contributed by atoms with E-state index in [-0.39, 0.29) is 23.3 Å². The van der Waals surface area contributed by atoms with E-state index in [0.29, 0.717) is 30.8 Å². The zero-order chi connectivity index (χ0) is 15.0. The fraction of sp³-hybridized carbons (Fsp3) is 0.643. The molecule has 1 aromatic heterocycles. The quantitative estimate of drug-likeness (QED) is 0.889. The average Bonchev–Trinajstić information content (AvgIpc) is 2.94. The number of ether oxygens (including phenoxy) is 1. The van der Waals surface area contributed by atoms with Crippen LogP contribution in [0.15, 0.2) is 23.2 Å². The smallest absolute Gasteiger partial charge is 0.244 e. The summed E-state index contributed by atoms with van der Waals surface area (Å²) in [4.78, 5) is 4.21. The Morgan fingerprint density at radius 1 is 1.32 bits per heavy atom. The lowest BCUT2D eigenvalue weighted by Gasteiger charge is -2.29. The van der Waals surface area contributed by atoms with Crippen LogP contribution in [-0.4, -0.2) is 43.9 Å². The van der Waals surface area contributed by atoms with Gasteiger partial charge in [-0.3, -0.25) is 0 Å². The lowest BCUT2D eigenvalue weighted by atomic mass is 9.78. The molecule has 124 valence electrons. The number of rotatable bonds is 3. The van der Waals surface area contributed by atoms with E-state index in [4.69, 9.17) is 10.5 Å². The van der Waals surface area contributed by atoms with Crippen LogP contribution >= 0.6 is 12.4 Å². The van der Waals surface area contributed by atoms with E-state index in [2.05, 4.69) is 4.98 Å². The lowest BCUT2D eigenvalue weighted by Crippen LogP contribution is -2.38. The van der Waals surface area contributed by atoms with Crippen LogP contribution in [0.25, 0.3) is 0 Å². The molecule has 0 amide bonds. The van der Waals surface area contributed by atoms with Crippen molar-refractivity contribution >= 4 is 22.4 Å². The van der Waals surface area contributed by atoms with E-state index >= 15 is 0 Å². The number of nitrogens with zero attached hydrogens (tertiary/aromatic N) is 2. The topological polar surface area (TPSA) is 85.5 Å². The molecule has 8 heteroatoms. The summed E-state index contributed by atoms with van der Waals surface area (Å²) in [6, 6.07) is 3.24. The van der Waals surface area contributed by atoms with Gasteiger partial charge in [0.15, 0.2) is 0 Å². The van der Waals surface area contributed by atoms with Crippen LogP contribution in [-0.2, 0) is 10.0 Å². The zero-order valence-electron chi connectivity index (χ0n) is 12.5. The maximum absolute atomic E-state index is 12.7. The second-order valence-electron chi connectivity index (χ2n) is 5.88. The number of methoxy groups -OCH3 is 1. The minimum Gasteiger partial charge on any atom is -0.481 e. The Morgan fingerprint density at radius 2 is 2.09 bits per heavy atom. The van der Waals surface area contributed by atoms with E-state index in [1.165, 1.54) is 13.3 Å². The molecule has 2 heterocycles. The molecule has 0 spiro atoms. The number of hydrogen-bond donors (Lipinski definition) is 1. The first-order valence-corrected chi connectivity index (χ1v) is 8.72. The molecule has 2 aliphatic rings. The van der Waals surface area contributed by atoms with Crippen LogP contribution < -0.4 is 10.5 Å². The molecule has 0 aromatic carbocycles. The van der Waals surface area contributed by atoms with Crippen molar-refractivity contribution < 1.29 is 13.2 Å². The summed E-state index contributed by atoms with van der Waals surface area (Å²) in [5.74, 6) is 1.10. The Labute approximate surface area is 137 Å². The van der Waals surface area contributed by atoms with Crippen LogP contribution in [0.4, 0.5) is 0 Å². The van der Waals surface area contributed by atoms with Gasteiger partial charge in [0.05, 0.1) is 13.3 Å². The molecule has 3 unspecified atom stereocenters. The highest BCUT2D eigenvalue weighted by Crippen LogP contribution is 2.37. The number of fused-ring (bicyclic) bond motifs is 1. The second-order valence-corrected chi connectivity index (χ2v) is 7.81. The van der Waals surface area contributed by atoms with Crippen LogP contribution in [0.2, 0.25) is 0 Å². The molecular formula is C14H22ClN3O3S. The molecule has 2 fully saturated rings. The van der Waals surface area contributed by atoms with E-state index in [1.54, 1.807) is 16.4 Å². The first-order chi connectivity index (χ1) is 10.0. The SMILES string of the molecule is COc1ccc(S(=O)(=O)N2CC3CCCC(N)C3C2)cn1.Cl. The van der Waals surface area contributed by atoms with Crippen molar-refractivity contribution in [1.82, 2.24) is 9.29 Å². The first-order valence-electron chi connectivity index (χ1n) is 7.28. The normalized spacial score (nSPS) is 28.7. The van der Waals surface area contributed by atoms with E-state index in [0.717, 1.165) is 19.3 Å². The van der Waals surface area contributed by atoms with Gasteiger partial charge in [-0.05, 0) is 30.7 Å². The lowest BCUT2D eigenvalue weighted by molar-refractivity contribution is 0.260. The molecule has 1 saturated heterocycles. The molecule has 0 radical (unpaired) electrons. The molecule has 1 aliphatic heterocycles. The standard InChI is InChI=1S/C14H21N3O3S.ClH/c1-20-14-6-5-11(7-16-14)21(18,19)17-8-10-3-2-4-13(15)12(10)9-17;/h5-7,10,12-13H,2-4,8-9,15H2,1H3;1H. The van der Waals surface area contributed by atoms with Crippen LogP contribution in [0.1, 0.15) is 19.3 Å². The maximum Gasteiger partial charge on any atom is 0.244 e. The van der Waals surface area contributed by atoms with Crippen LogP contribution in [0.5, 0.6) is 5.88 Å². The summed E-state index contributed by atoms with van der Waals surface area (Å²) in [6.07, 6.45) is 4.53. The maximum atomic E-state index is 12.7. The zero-order valence-corrected chi connectivity index (χ0v) is 14.1. The van der Waals surface area contributed by atoms with Crippen molar-refractivity contribution in [1.29, 1.82) is 0 Å². The largest absolute Gasteiger partial charge is 0.481 e. The Balaban J connectivity index is 0.00000176. The van der Waals surface area contributed by atoms with Gasteiger partial charge in [-0.2, -0.15) is 4.31 Å². The Kier molecular flexibility index (Phi) is 5.32. The van der Waals surface area contributed by atoms with Gasteiger partial charge >= 0.3 is 0 Å². The Bertz CT molecular complexity index is 608. The highest BCUT2D eigenvalue weighted by atomic mass is 35.5. The first kappa shape index (κ1) is 17.5. The fourth-order valence-corrected chi connectivity index (χ4v) is 4.94. The van der Waals surface area contributed by atoms with Gasteiger partial charge in [0.25, 0.3) is 0 Å². The van der Waals surface area contributed by atoms with Gasteiger partial charge in [-0.25, -0.2) is 13.4 Å². The van der Waals surface area contributed by atoms with Gasteiger partial charge in [-0.15, -0.1) is 12.4 Å². The van der Waals surface area contributed by atoms with Crippen molar-refractivity contribution in [3.63, 3.8) is 0 Å². The van der Waals surface area contributed by atoms with Gasteiger partial charge in [0.1, 0.15) is 4.90 Å². The van der Waals surface area contributed by atoms with Crippen molar-refractivity contribution in [2.45, 2.75) is 30.2 Å². The molecule has 3 atom stereocenters. The van der Waals surface area contributed by atoms with E-state index in [1.807, 2.05) is 0 Å².